The molecule has 0 saturated heterocycles. The normalized spacial score (nSPS) is 13.5. The number of aryl methyl sites for hydroxylation is 1. The van der Waals surface area contributed by atoms with E-state index in [0.29, 0.717) is 0 Å². The third-order valence-corrected chi connectivity index (χ3v) is 11.5. The molecular weight excluding hydrogens is 617 g/mol. The summed E-state index contributed by atoms with van der Waals surface area (Å²) < 4.78 is 2.39. The molecule has 0 amide bonds. The molecule has 0 atom stereocenters. The Labute approximate surface area is 297 Å². The van der Waals surface area contributed by atoms with Crippen molar-refractivity contribution in [3.05, 3.63) is 186 Å². The smallest absolute Gasteiger partial charge is 0.141 e. The van der Waals surface area contributed by atoms with Crippen molar-refractivity contribution in [2.45, 2.75) is 25.3 Å². The number of rotatable bonds is 4. The van der Waals surface area contributed by atoms with Crippen LogP contribution in [0.25, 0.3) is 77.3 Å². The highest BCUT2D eigenvalue weighted by atomic mass is 15.1. The average Bonchev–Trinajstić information content (AvgIpc) is 3.81. The Morgan fingerprint density at radius 2 is 1.14 bits per heavy atom. The van der Waals surface area contributed by atoms with Crippen molar-refractivity contribution in [1.29, 1.82) is 0 Å². The van der Waals surface area contributed by atoms with Gasteiger partial charge in [-0.1, -0.05) is 134 Å². The molecule has 240 valence electrons. The van der Waals surface area contributed by atoms with E-state index in [4.69, 9.17) is 4.98 Å². The maximum Gasteiger partial charge on any atom is 0.141 e. The first-order chi connectivity index (χ1) is 25.3. The Hall–Kier alpha value is -6.25. The SMILES string of the molecule is CCCn1c(-c2cccc(-c3cc4c(c5ccccc35)-c3cc5ccccc5cc3C43c4ccccc4-c4ccccc43)c2)nc2ccccc21. The summed E-state index contributed by atoms with van der Waals surface area (Å²) in [5.74, 6) is 1.03. The summed E-state index contributed by atoms with van der Waals surface area (Å²) >= 11 is 0. The van der Waals surface area contributed by atoms with Gasteiger partial charge in [0.2, 0.25) is 0 Å². The Morgan fingerprint density at radius 1 is 0.490 bits per heavy atom. The molecule has 0 saturated carbocycles. The minimum Gasteiger partial charge on any atom is -0.324 e. The number of hydrogen-bond donors (Lipinski definition) is 0. The van der Waals surface area contributed by atoms with Gasteiger partial charge in [-0.05, 0) is 120 Å². The molecule has 0 N–H and O–H groups in total. The summed E-state index contributed by atoms with van der Waals surface area (Å²) in [4.78, 5) is 5.18. The Bertz CT molecular complexity index is 2840. The molecule has 0 unspecified atom stereocenters. The third-order valence-electron chi connectivity index (χ3n) is 11.5. The Kier molecular flexibility index (Phi) is 5.95. The van der Waals surface area contributed by atoms with E-state index in [2.05, 4.69) is 175 Å². The van der Waals surface area contributed by atoms with Gasteiger partial charge >= 0.3 is 0 Å². The van der Waals surface area contributed by atoms with E-state index in [1.165, 1.54) is 82.7 Å². The zero-order chi connectivity index (χ0) is 33.7. The van der Waals surface area contributed by atoms with Crippen LogP contribution < -0.4 is 0 Å². The molecule has 9 aromatic rings. The van der Waals surface area contributed by atoms with E-state index in [9.17, 15) is 0 Å². The van der Waals surface area contributed by atoms with Crippen molar-refractivity contribution in [3.8, 4) is 44.8 Å². The molecule has 2 aliphatic carbocycles. The highest BCUT2D eigenvalue weighted by Gasteiger charge is 2.52. The van der Waals surface area contributed by atoms with Crippen LogP contribution in [0.4, 0.5) is 0 Å². The van der Waals surface area contributed by atoms with Crippen LogP contribution in [-0.2, 0) is 12.0 Å². The second kappa shape index (κ2) is 10.6. The number of para-hydroxylation sites is 2. The number of nitrogens with zero attached hydrogens (tertiary/aromatic N) is 2. The molecule has 1 aromatic heterocycles. The van der Waals surface area contributed by atoms with Gasteiger partial charge in [-0.3, -0.25) is 0 Å². The van der Waals surface area contributed by atoms with Crippen molar-refractivity contribution >= 4 is 32.6 Å². The van der Waals surface area contributed by atoms with Gasteiger partial charge < -0.3 is 4.57 Å². The van der Waals surface area contributed by atoms with Gasteiger partial charge in [-0.15, -0.1) is 0 Å². The van der Waals surface area contributed by atoms with Crippen molar-refractivity contribution in [2.24, 2.45) is 0 Å². The fourth-order valence-electron chi connectivity index (χ4n) is 9.49. The first kappa shape index (κ1) is 28.6. The zero-order valence-corrected chi connectivity index (χ0v) is 28.4. The van der Waals surface area contributed by atoms with E-state index in [1.807, 2.05) is 0 Å². The largest absolute Gasteiger partial charge is 0.324 e. The standard InChI is InChI=1S/C49H34N2/c1-2-26-51-46-25-12-11-24-45(46)50-48(51)34-17-13-16-33(27-34)39-30-44-47(38-21-6-5-18-35(38)39)40-28-31-14-3-4-15-32(31)29-43(40)49(44)41-22-9-7-19-36(41)37-20-8-10-23-42(37)49/h3-25,27-30H,2,26H2,1H3. The first-order valence-corrected chi connectivity index (χ1v) is 18.1. The molecule has 2 heteroatoms. The summed E-state index contributed by atoms with van der Waals surface area (Å²) in [6, 6.07) is 61.1. The van der Waals surface area contributed by atoms with Crippen LogP contribution in [-0.4, -0.2) is 9.55 Å². The fourth-order valence-corrected chi connectivity index (χ4v) is 9.49. The van der Waals surface area contributed by atoms with Crippen LogP contribution in [0.2, 0.25) is 0 Å². The van der Waals surface area contributed by atoms with Gasteiger partial charge in [-0.25, -0.2) is 4.98 Å². The van der Waals surface area contributed by atoms with Crippen LogP contribution in [0.5, 0.6) is 0 Å². The number of benzene rings is 8. The lowest BCUT2D eigenvalue weighted by Crippen LogP contribution is -2.26. The van der Waals surface area contributed by atoms with Gasteiger partial charge in [0.05, 0.1) is 16.4 Å². The summed E-state index contributed by atoms with van der Waals surface area (Å²) in [7, 11) is 0. The minimum absolute atomic E-state index is 0.437. The van der Waals surface area contributed by atoms with Gasteiger partial charge in [0.1, 0.15) is 5.82 Å². The molecule has 8 aromatic carbocycles. The maximum atomic E-state index is 5.18. The first-order valence-electron chi connectivity index (χ1n) is 18.1. The van der Waals surface area contributed by atoms with Crippen LogP contribution >= 0.6 is 0 Å². The Morgan fingerprint density at radius 3 is 1.92 bits per heavy atom. The van der Waals surface area contributed by atoms with Gasteiger partial charge in [-0.2, -0.15) is 0 Å². The van der Waals surface area contributed by atoms with Crippen LogP contribution in [0.1, 0.15) is 35.6 Å². The number of hydrogen-bond acceptors (Lipinski definition) is 1. The van der Waals surface area contributed by atoms with E-state index < -0.39 is 5.41 Å². The summed E-state index contributed by atoms with van der Waals surface area (Å²) in [5, 5.41) is 5.11. The van der Waals surface area contributed by atoms with Gasteiger partial charge in [0, 0.05) is 12.1 Å². The zero-order valence-electron chi connectivity index (χ0n) is 28.4. The fraction of sp³-hybridized carbons (Fsp3) is 0.0816. The van der Waals surface area contributed by atoms with Crippen molar-refractivity contribution in [1.82, 2.24) is 9.55 Å². The van der Waals surface area contributed by atoms with E-state index in [-0.39, 0.29) is 0 Å². The second-order valence-corrected chi connectivity index (χ2v) is 14.1. The van der Waals surface area contributed by atoms with E-state index in [1.54, 1.807) is 0 Å². The molecule has 1 spiro atoms. The molecule has 1 heterocycles. The van der Waals surface area contributed by atoms with E-state index >= 15 is 0 Å². The van der Waals surface area contributed by atoms with Gasteiger partial charge in [0.25, 0.3) is 0 Å². The summed E-state index contributed by atoms with van der Waals surface area (Å²) in [6.45, 7) is 3.16. The molecule has 0 radical (unpaired) electrons. The monoisotopic (exact) mass is 650 g/mol. The highest BCUT2D eigenvalue weighted by molar-refractivity contribution is 6.12. The molecule has 11 rings (SSSR count). The second-order valence-electron chi connectivity index (χ2n) is 14.1. The van der Waals surface area contributed by atoms with E-state index in [0.717, 1.165) is 29.9 Å². The van der Waals surface area contributed by atoms with Crippen LogP contribution in [0.15, 0.2) is 164 Å². The number of fused-ring (bicyclic) bond motifs is 14. The molecule has 2 aliphatic rings. The highest BCUT2D eigenvalue weighted by Crippen LogP contribution is 2.64. The number of imidazole rings is 1. The molecule has 51 heavy (non-hydrogen) atoms. The average molecular weight is 651 g/mol. The molecule has 2 nitrogen and oxygen atoms in total. The van der Waals surface area contributed by atoms with Crippen LogP contribution in [0.3, 0.4) is 0 Å². The van der Waals surface area contributed by atoms with Crippen molar-refractivity contribution in [2.75, 3.05) is 0 Å². The lowest BCUT2D eigenvalue weighted by Gasteiger charge is -2.31. The maximum absolute atomic E-state index is 5.18. The van der Waals surface area contributed by atoms with Gasteiger partial charge in [0.15, 0.2) is 0 Å². The van der Waals surface area contributed by atoms with Crippen LogP contribution in [0, 0.1) is 0 Å². The lowest BCUT2D eigenvalue weighted by molar-refractivity contribution is 0.704. The quantitative estimate of drug-likeness (QED) is 0.185. The predicted molar refractivity (Wildman–Crippen MR) is 212 cm³/mol. The molecule has 0 fully saturated rings. The molecule has 0 aliphatic heterocycles. The minimum atomic E-state index is -0.437. The molecule has 0 bridgehead atoms. The lowest BCUT2D eigenvalue weighted by atomic mass is 9.69. The Balaban J connectivity index is 1.24. The third kappa shape index (κ3) is 3.80. The topological polar surface area (TPSA) is 17.8 Å². The summed E-state index contributed by atoms with van der Waals surface area (Å²) in [5.41, 5.74) is 16.2. The summed E-state index contributed by atoms with van der Waals surface area (Å²) in [6.07, 6.45) is 1.04. The predicted octanol–water partition coefficient (Wildman–Crippen LogP) is 12.4. The van der Waals surface area contributed by atoms with Crippen molar-refractivity contribution in [3.63, 3.8) is 0 Å². The molecular formula is C49H34N2. The van der Waals surface area contributed by atoms with Crippen molar-refractivity contribution < 1.29 is 0 Å². The number of aromatic nitrogens is 2.